The fourth-order valence-electron chi connectivity index (χ4n) is 5.18. The molecule has 0 amide bonds. The predicted molar refractivity (Wildman–Crippen MR) is 161 cm³/mol. The van der Waals surface area contributed by atoms with Crippen molar-refractivity contribution in [3.8, 4) is 34.2 Å². The summed E-state index contributed by atoms with van der Waals surface area (Å²) >= 11 is 0. The van der Waals surface area contributed by atoms with E-state index in [0.717, 1.165) is 44.2 Å². The van der Waals surface area contributed by atoms with Crippen molar-refractivity contribution in [1.82, 2.24) is 15.0 Å². The van der Waals surface area contributed by atoms with E-state index in [4.69, 9.17) is 19.4 Å². The van der Waals surface area contributed by atoms with E-state index in [9.17, 15) is 0 Å². The van der Waals surface area contributed by atoms with Crippen LogP contribution in [0.5, 0.6) is 0 Å². The standard InChI is InChI=1S/C35H33N3O/c1-34(2,3)26-18-13-19-28-29(26)25-20-24(21-27(30(25)39-28)35(4,5)6)33-37-31(22-14-9-7-10-15-22)36-32(38-33)23-16-11-8-12-17-23/h7-21H,1-6H3. The van der Waals surface area contributed by atoms with Crippen LogP contribution < -0.4 is 0 Å². The van der Waals surface area contributed by atoms with Crippen molar-refractivity contribution in [2.45, 2.75) is 52.4 Å². The molecule has 0 bridgehead atoms. The third kappa shape index (κ3) is 4.61. The van der Waals surface area contributed by atoms with Gasteiger partial charge in [-0.05, 0) is 34.6 Å². The van der Waals surface area contributed by atoms with E-state index < -0.39 is 0 Å². The molecule has 0 atom stereocenters. The van der Waals surface area contributed by atoms with Gasteiger partial charge in [0.2, 0.25) is 0 Å². The van der Waals surface area contributed by atoms with Gasteiger partial charge >= 0.3 is 0 Å². The summed E-state index contributed by atoms with van der Waals surface area (Å²) < 4.78 is 6.57. The number of benzene rings is 4. The maximum absolute atomic E-state index is 6.57. The zero-order valence-corrected chi connectivity index (χ0v) is 23.4. The van der Waals surface area contributed by atoms with Gasteiger partial charge in [-0.3, -0.25) is 0 Å². The van der Waals surface area contributed by atoms with Crippen LogP contribution in [0.3, 0.4) is 0 Å². The highest BCUT2D eigenvalue weighted by atomic mass is 16.3. The van der Waals surface area contributed by atoms with Crippen molar-refractivity contribution in [3.63, 3.8) is 0 Å². The smallest absolute Gasteiger partial charge is 0.164 e. The SMILES string of the molecule is CC(C)(C)c1cc(-c2nc(-c3ccccc3)nc(-c3ccccc3)n2)cc2c1oc1cccc(C(C)(C)C)c12. The molecule has 2 aromatic heterocycles. The normalized spacial score (nSPS) is 12.4. The first-order valence-electron chi connectivity index (χ1n) is 13.5. The molecule has 0 N–H and O–H groups in total. The first kappa shape index (κ1) is 25.0. The number of rotatable bonds is 3. The van der Waals surface area contributed by atoms with Crippen molar-refractivity contribution >= 4 is 21.9 Å². The van der Waals surface area contributed by atoms with E-state index in [2.05, 4.69) is 71.9 Å². The fraction of sp³-hybridized carbons (Fsp3) is 0.229. The molecule has 0 radical (unpaired) electrons. The van der Waals surface area contributed by atoms with Gasteiger partial charge in [-0.1, -0.05) is 114 Å². The number of hydrogen-bond donors (Lipinski definition) is 0. The molecule has 39 heavy (non-hydrogen) atoms. The van der Waals surface area contributed by atoms with Crippen LogP contribution in [-0.4, -0.2) is 15.0 Å². The lowest BCUT2D eigenvalue weighted by molar-refractivity contribution is 0.572. The maximum atomic E-state index is 6.57. The number of aromatic nitrogens is 3. The highest BCUT2D eigenvalue weighted by molar-refractivity contribution is 6.09. The molecule has 194 valence electrons. The first-order chi connectivity index (χ1) is 18.6. The van der Waals surface area contributed by atoms with Gasteiger partial charge in [0.1, 0.15) is 11.2 Å². The van der Waals surface area contributed by atoms with E-state index in [0.29, 0.717) is 17.5 Å². The molecule has 0 unspecified atom stereocenters. The van der Waals surface area contributed by atoms with Crippen LogP contribution in [0.15, 0.2) is 95.4 Å². The van der Waals surface area contributed by atoms with E-state index in [1.165, 1.54) is 5.56 Å². The van der Waals surface area contributed by atoms with Gasteiger partial charge in [-0.15, -0.1) is 0 Å². The Morgan fingerprint density at radius 1 is 0.513 bits per heavy atom. The van der Waals surface area contributed by atoms with Crippen molar-refractivity contribution in [2.24, 2.45) is 0 Å². The molecule has 4 aromatic carbocycles. The Labute approximate surface area is 229 Å². The summed E-state index contributed by atoms with van der Waals surface area (Å²) in [6, 6.07) is 31.0. The molecule has 6 aromatic rings. The minimum Gasteiger partial charge on any atom is -0.456 e. The average molecular weight is 512 g/mol. The minimum atomic E-state index is -0.151. The predicted octanol–water partition coefficient (Wildman–Crippen LogP) is 9.37. The van der Waals surface area contributed by atoms with Gasteiger partial charge in [0, 0.05) is 33.0 Å². The lowest BCUT2D eigenvalue weighted by atomic mass is 9.82. The second-order valence-corrected chi connectivity index (χ2v) is 12.2. The summed E-state index contributed by atoms with van der Waals surface area (Å²) in [7, 11) is 0. The van der Waals surface area contributed by atoms with Crippen LogP contribution in [0.1, 0.15) is 52.7 Å². The highest BCUT2D eigenvalue weighted by Gasteiger charge is 2.26. The van der Waals surface area contributed by atoms with Gasteiger partial charge in [-0.2, -0.15) is 0 Å². The third-order valence-electron chi connectivity index (χ3n) is 7.17. The van der Waals surface area contributed by atoms with Crippen molar-refractivity contribution in [1.29, 1.82) is 0 Å². The Morgan fingerprint density at radius 3 is 1.54 bits per heavy atom. The van der Waals surface area contributed by atoms with Crippen molar-refractivity contribution in [2.75, 3.05) is 0 Å². The zero-order valence-electron chi connectivity index (χ0n) is 23.4. The van der Waals surface area contributed by atoms with E-state index in [1.54, 1.807) is 0 Å². The van der Waals surface area contributed by atoms with Gasteiger partial charge in [-0.25, -0.2) is 15.0 Å². The second-order valence-electron chi connectivity index (χ2n) is 12.2. The summed E-state index contributed by atoms with van der Waals surface area (Å²) in [5.74, 6) is 1.96. The monoisotopic (exact) mass is 511 g/mol. The number of nitrogens with zero attached hydrogens (tertiary/aromatic N) is 3. The number of hydrogen-bond acceptors (Lipinski definition) is 4. The Balaban J connectivity index is 1.68. The molecule has 4 nitrogen and oxygen atoms in total. The van der Waals surface area contributed by atoms with Crippen LogP contribution in [0.2, 0.25) is 0 Å². The molecular formula is C35H33N3O. The van der Waals surface area contributed by atoms with Crippen molar-refractivity contribution in [3.05, 3.63) is 102 Å². The zero-order chi connectivity index (χ0) is 27.4. The van der Waals surface area contributed by atoms with E-state index in [-0.39, 0.29) is 10.8 Å². The molecule has 0 fully saturated rings. The van der Waals surface area contributed by atoms with Crippen LogP contribution >= 0.6 is 0 Å². The molecule has 0 saturated heterocycles. The van der Waals surface area contributed by atoms with Gasteiger partial charge < -0.3 is 4.42 Å². The Kier molecular flexibility index (Phi) is 5.87. The fourth-order valence-corrected chi connectivity index (χ4v) is 5.18. The molecule has 4 heteroatoms. The first-order valence-corrected chi connectivity index (χ1v) is 13.5. The van der Waals surface area contributed by atoms with Crippen molar-refractivity contribution < 1.29 is 4.42 Å². The van der Waals surface area contributed by atoms with E-state index >= 15 is 0 Å². The maximum Gasteiger partial charge on any atom is 0.164 e. The highest BCUT2D eigenvalue weighted by Crippen LogP contribution is 2.42. The van der Waals surface area contributed by atoms with E-state index in [1.807, 2.05) is 60.7 Å². The molecular weight excluding hydrogens is 478 g/mol. The molecule has 2 heterocycles. The molecule has 0 aliphatic heterocycles. The summed E-state index contributed by atoms with van der Waals surface area (Å²) in [6.45, 7) is 13.4. The molecule has 0 aliphatic carbocycles. The van der Waals surface area contributed by atoms with Gasteiger partial charge in [0.25, 0.3) is 0 Å². The minimum absolute atomic E-state index is 0.0393. The topological polar surface area (TPSA) is 51.8 Å². The summed E-state index contributed by atoms with van der Waals surface area (Å²) in [4.78, 5) is 14.9. The molecule has 0 aliphatic rings. The van der Waals surface area contributed by atoms with Crippen LogP contribution in [0.25, 0.3) is 56.1 Å². The third-order valence-corrected chi connectivity index (χ3v) is 7.17. The van der Waals surface area contributed by atoms with Gasteiger partial charge in [0.15, 0.2) is 17.5 Å². The summed E-state index contributed by atoms with van der Waals surface area (Å²) in [5, 5.41) is 2.26. The molecule has 0 saturated carbocycles. The number of furan rings is 1. The second kappa shape index (κ2) is 9.16. The number of fused-ring (bicyclic) bond motifs is 3. The average Bonchev–Trinajstić information content (AvgIpc) is 3.31. The summed E-state index contributed by atoms with van der Waals surface area (Å²) in [6.07, 6.45) is 0. The largest absolute Gasteiger partial charge is 0.456 e. The molecule has 6 rings (SSSR count). The molecule has 0 spiro atoms. The Hall–Kier alpha value is -4.31. The quantitative estimate of drug-likeness (QED) is 0.237. The van der Waals surface area contributed by atoms with Gasteiger partial charge in [0.05, 0.1) is 0 Å². The lowest BCUT2D eigenvalue weighted by Crippen LogP contribution is -2.12. The summed E-state index contributed by atoms with van der Waals surface area (Å²) in [5.41, 5.74) is 6.91. The van der Waals surface area contributed by atoms with Crippen LogP contribution in [-0.2, 0) is 10.8 Å². The Morgan fingerprint density at radius 2 is 1.03 bits per heavy atom. The van der Waals surface area contributed by atoms with Crippen LogP contribution in [0, 0.1) is 0 Å². The lowest BCUT2D eigenvalue weighted by Gasteiger charge is -2.21. The Bertz CT molecular complexity index is 1750. The van der Waals surface area contributed by atoms with Crippen LogP contribution in [0.4, 0.5) is 0 Å².